The van der Waals surface area contributed by atoms with Crippen LogP contribution >= 0.6 is 0 Å². The zero-order valence-electron chi connectivity index (χ0n) is 8.77. The molecule has 0 radical (unpaired) electrons. The Balaban J connectivity index is 2.01. The van der Waals surface area contributed by atoms with Gasteiger partial charge in [0.1, 0.15) is 0 Å². The second-order valence-electron chi connectivity index (χ2n) is 5.06. The van der Waals surface area contributed by atoms with Gasteiger partial charge in [0.15, 0.2) is 0 Å². The molecule has 0 bridgehead atoms. The molecule has 4 unspecified atom stereocenters. The summed E-state index contributed by atoms with van der Waals surface area (Å²) in [6.45, 7) is 7.20. The number of rotatable bonds is 3. The number of fused-ring (bicyclic) bond motifs is 1. The van der Waals surface area contributed by atoms with E-state index in [1.54, 1.807) is 12.8 Å². The lowest BCUT2D eigenvalue weighted by Gasteiger charge is -2.19. The van der Waals surface area contributed by atoms with Crippen LogP contribution in [-0.4, -0.2) is 0 Å². The Bertz CT molecular complexity index is 173. The van der Waals surface area contributed by atoms with Gasteiger partial charge in [0.25, 0.3) is 0 Å². The minimum absolute atomic E-state index is 0.843. The van der Waals surface area contributed by atoms with Crippen molar-refractivity contribution in [1.29, 1.82) is 0 Å². The Hall–Kier alpha value is 0. The highest BCUT2D eigenvalue weighted by Crippen LogP contribution is 2.70. The Morgan fingerprint density at radius 1 is 1.42 bits per heavy atom. The van der Waals surface area contributed by atoms with Gasteiger partial charge in [-0.15, -0.1) is 0 Å². The average Bonchev–Trinajstić information content (AvgIpc) is 2.74. The molecule has 0 heteroatoms. The highest BCUT2D eigenvalue weighted by atomic mass is 14.7. The van der Waals surface area contributed by atoms with E-state index in [1.807, 2.05) is 0 Å². The standard InChI is InChI=1S/C12H22/c1-4-9(3)12-7-6-10(5-2)11(12)8-12/h9-11H,4-8H2,1-3H3. The fraction of sp³-hybridized carbons (Fsp3) is 1.00. The second kappa shape index (κ2) is 2.75. The lowest BCUT2D eigenvalue weighted by molar-refractivity contribution is 0.307. The molecular formula is C12H22. The van der Waals surface area contributed by atoms with Crippen LogP contribution in [0.15, 0.2) is 0 Å². The van der Waals surface area contributed by atoms with Crippen LogP contribution in [-0.2, 0) is 0 Å². The van der Waals surface area contributed by atoms with Crippen molar-refractivity contribution in [3.63, 3.8) is 0 Å². The predicted molar refractivity (Wildman–Crippen MR) is 53.0 cm³/mol. The van der Waals surface area contributed by atoms with Crippen LogP contribution in [0, 0.1) is 23.2 Å². The van der Waals surface area contributed by atoms with Crippen LogP contribution in [0.5, 0.6) is 0 Å². The Morgan fingerprint density at radius 2 is 2.17 bits per heavy atom. The van der Waals surface area contributed by atoms with Crippen molar-refractivity contribution in [2.45, 2.75) is 52.9 Å². The fourth-order valence-electron chi connectivity index (χ4n) is 3.64. The van der Waals surface area contributed by atoms with Crippen molar-refractivity contribution >= 4 is 0 Å². The van der Waals surface area contributed by atoms with Crippen molar-refractivity contribution < 1.29 is 0 Å². The first kappa shape index (κ1) is 8.59. The summed E-state index contributed by atoms with van der Waals surface area (Å²) in [7, 11) is 0. The fourth-order valence-corrected chi connectivity index (χ4v) is 3.64. The third-order valence-electron chi connectivity index (χ3n) is 4.85. The van der Waals surface area contributed by atoms with E-state index in [0.717, 1.165) is 23.2 Å². The van der Waals surface area contributed by atoms with Crippen molar-refractivity contribution in [2.24, 2.45) is 23.2 Å². The molecule has 12 heavy (non-hydrogen) atoms. The van der Waals surface area contributed by atoms with Crippen LogP contribution in [0.25, 0.3) is 0 Å². The van der Waals surface area contributed by atoms with Crippen molar-refractivity contribution in [2.75, 3.05) is 0 Å². The van der Waals surface area contributed by atoms with Crippen molar-refractivity contribution in [3.8, 4) is 0 Å². The third-order valence-corrected chi connectivity index (χ3v) is 4.85. The van der Waals surface area contributed by atoms with Crippen molar-refractivity contribution in [3.05, 3.63) is 0 Å². The summed E-state index contributed by atoms with van der Waals surface area (Å²) in [6, 6.07) is 0. The summed E-state index contributed by atoms with van der Waals surface area (Å²) in [6.07, 6.45) is 7.48. The predicted octanol–water partition coefficient (Wildman–Crippen LogP) is 3.86. The Morgan fingerprint density at radius 3 is 2.58 bits per heavy atom. The smallest absolute Gasteiger partial charge is 0.0238 e. The molecule has 0 amide bonds. The molecule has 2 rings (SSSR count). The topological polar surface area (TPSA) is 0 Å². The molecule has 0 aromatic heterocycles. The maximum Gasteiger partial charge on any atom is -0.0238 e. The molecule has 2 saturated carbocycles. The molecule has 0 aromatic rings. The van der Waals surface area contributed by atoms with E-state index in [-0.39, 0.29) is 0 Å². The van der Waals surface area contributed by atoms with Crippen LogP contribution in [0.2, 0.25) is 0 Å². The molecule has 4 atom stereocenters. The van der Waals surface area contributed by atoms with Gasteiger partial charge < -0.3 is 0 Å². The van der Waals surface area contributed by atoms with Crippen LogP contribution in [0.4, 0.5) is 0 Å². The van der Waals surface area contributed by atoms with Gasteiger partial charge in [0.05, 0.1) is 0 Å². The Labute approximate surface area is 76.7 Å². The number of hydrogen-bond donors (Lipinski definition) is 0. The second-order valence-corrected chi connectivity index (χ2v) is 5.06. The zero-order valence-corrected chi connectivity index (χ0v) is 8.77. The third kappa shape index (κ3) is 0.963. The zero-order chi connectivity index (χ0) is 8.77. The molecule has 2 aliphatic carbocycles. The van der Waals surface area contributed by atoms with E-state index in [0.29, 0.717) is 0 Å². The first-order valence-electron chi connectivity index (χ1n) is 5.74. The van der Waals surface area contributed by atoms with E-state index in [9.17, 15) is 0 Å². The van der Waals surface area contributed by atoms with Gasteiger partial charge in [-0.1, -0.05) is 33.6 Å². The first-order chi connectivity index (χ1) is 5.74. The molecule has 0 nitrogen and oxygen atoms in total. The molecule has 0 spiro atoms. The molecule has 0 aliphatic heterocycles. The van der Waals surface area contributed by atoms with Gasteiger partial charge in [-0.3, -0.25) is 0 Å². The molecule has 0 heterocycles. The lowest BCUT2D eigenvalue weighted by atomic mass is 9.86. The molecule has 0 aromatic carbocycles. The summed E-state index contributed by atoms with van der Waals surface area (Å²) < 4.78 is 0. The first-order valence-corrected chi connectivity index (χ1v) is 5.74. The quantitative estimate of drug-likeness (QED) is 0.597. The molecular weight excluding hydrogens is 144 g/mol. The van der Waals surface area contributed by atoms with Crippen LogP contribution in [0.3, 0.4) is 0 Å². The minimum Gasteiger partial charge on any atom is -0.0651 e. The Kier molecular flexibility index (Phi) is 1.97. The monoisotopic (exact) mass is 166 g/mol. The molecule has 70 valence electrons. The van der Waals surface area contributed by atoms with Gasteiger partial charge in [0.2, 0.25) is 0 Å². The van der Waals surface area contributed by atoms with Gasteiger partial charge in [-0.2, -0.15) is 0 Å². The van der Waals surface area contributed by atoms with E-state index >= 15 is 0 Å². The summed E-state index contributed by atoms with van der Waals surface area (Å²) in [5, 5.41) is 0. The van der Waals surface area contributed by atoms with Gasteiger partial charge >= 0.3 is 0 Å². The van der Waals surface area contributed by atoms with Gasteiger partial charge in [-0.05, 0) is 42.4 Å². The summed E-state index contributed by atoms with van der Waals surface area (Å²) in [5.74, 6) is 3.23. The summed E-state index contributed by atoms with van der Waals surface area (Å²) in [5.41, 5.74) is 0.843. The summed E-state index contributed by atoms with van der Waals surface area (Å²) >= 11 is 0. The largest absolute Gasteiger partial charge is 0.0651 e. The maximum absolute atomic E-state index is 2.47. The molecule has 0 N–H and O–H groups in total. The highest BCUT2D eigenvalue weighted by molar-refractivity contribution is 5.11. The molecule has 2 fully saturated rings. The van der Waals surface area contributed by atoms with Crippen LogP contribution < -0.4 is 0 Å². The van der Waals surface area contributed by atoms with Gasteiger partial charge in [-0.25, -0.2) is 0 Å². The van der Waals surface area contributed by atoms with E-state index in [1.165, 1.54) is 19.3 Å². The highest BCUT2D eigenvalue weighted by Gasteiger charge is 2.62. The molecule has 2 aliphatic rings. The van der Waals surface area contributed by atoms with E-state index < -0.39 is 0 Å². The minimum atomic E-state index is 0.843. The van der Waals surface area contributed by atoms with Crippen LogP contribution in [0.1, 0.15) is 52.9 Å². The van der Waals surface area contributed by atoms with Gasteiger partial charge in [0, 0.05) is 0 Å². The maximum atomic E-state index is 2.47. The lowest BCUT2D eigenvalue weighted by Crippen LogP contribution is -2.10. The number of hydrogen-bond acceptors (Lipinski definition) is 0. The molecule has 0 saturated heterocycles. The SMILES string of the molecule is CCC1CCC2(C(C)CC)CC12. The van der Waals surface area contributed by atoms with Crippen molar-refractivity contribution in [1.82, 2.24) is 0 Å². The summed E-state index contributed by atoms with van der Waals surface area (Å²) in [4.78, 5) is 0. The average molecular weight is 166 g/mol. The normalized spacial score (nSPS) is 47.2. The van der Waals surface area contributed by atoms with E-state index in [4.69, 9.17) is 0 Å². The van der Waals surface area contributed by atoms with E-state index in [2.05, 4.69) is 20.8 Å².